The molecular formula is C23H17NO8S. The van der Waals surface area contributed by atoms with Crippen LogP contribution in [-0.4, -0.2) is 42.2 Å². The third-order valence-corrected chi connectivity index (χ3v) is 5.63. The van der Waals surface area contributed by atoms with Crippen LogP contribution in [0.4, 0.5) is 4.79 Å². The van der Waals surface area contributed by atoms with Crippen LogP contribution in [0.3, 0.4) is 0 Å². The predicted octanol–water partition coefficient (Wildman–Crippen LogP) is 4.35. The van der Waals surface area contributed by atoms with Gasteiger partial charge in [0, 0.05) is 11.6 Å². The van der Waals surface area contributed by atoms with Crippen LogP contribution in [-0.2, 0) is 20.8 Å². The number of carbonyl (C=O) groups is 4. The van der Waals surface area contributed by atoms with Gasteiger partial charge in [0.25, 0.3) is 11.1 Å². The molecule has 0 radical (unpaired) electrons. The van der Waals surface area contributed by atoms with Gasteiger partial charge in [-0.2, -0.15) is 0 Å². The summed E-state index contributed by atoms with van der Waals surface area (Å²) in [6, 6.07) is 13.0. The molecule has 0 atom stereocenters. The Morgan fingerprint density at radius 1 is 0.939 bits per heavy atom. The summed E-state index contributed by atoms with van der Waals surface area (Å²) in [4.78, 5) is 49.4. The Morgan fingerprint density at radius 2 is 1.67 bits per heavy atom. The zero-order valence-electron chi connectivity index (χ0n) is 17.5. The third kappa shape index (κ3) is 4.60. The molecule has 3 aromatic rings. The molecule has 3 heterocycles. The van der Waals surface area contributed by atoms with Crippen LogP contribution in [0.25, 0.3) is 17.4 Å². The molecule has 1 fully saturated rings. The first-order valence-corrected chi connectivity index (χ1v) is 10.4. The van der Waals surface area contributed by atoms with Gasteiger partial charge in [0.15, 0.2) is 0 Å². The molecule has 0 spiro atoms. The molecule has 0 aliphatic carbocycles. The Hall–Kier alpha value is -4.05. The quantitative estimate of drug-likeness (QED) is 0.385. The summed E-state index contributed by atoms with van der Waals surface area (Å²) in [5.74, 6) is -0.410. The van der Waals surface area contributed by atoms with Crippen molar-refractivity contribution in [2.24, 2.45) is 0 Å². The maximum Gasteiger partial charge on any atom is 0.373 e. The Bertz CT molecular complexity index is 1270. The highest BCUT2D eigenvalue weighted by atomic mass is 32.2. The van der Waals surface area contributed by atoms with Crippen LogP contribution >= 0.6 is 11.8 Å². The summed E-state index contributed by atoms with van der Waals surface area (Å²) in [5, 5.41) is -0.465. The summed E-state index contributed by atoms with van der Waals surface area (Å²) in [7, 11) is 2.54. The van der Waals surface area contributed by atoms with Gasteiger partial charge in [0.05, 0.1) is 31.2 Å². The number of carbonyl (C=O) groups excluding carboxylic acids is 4. The first-order chi connectivity index (χ1) is 15.9. The Morgan fingerprint density at radius 3 is 2.36 bits per heavy atom. The zero-order chi connectivity index (χ0) is 23.5. The summed E-state index contributed by atoms with van der Waals surface area (Å²) in [5.41, 5.74) is 1.15. The first-order valence-electron chi connectivity index (χ1n) is 9.60. The van der Waals surface area contributed by atoms with Crippen LogP contribution in [0.5, 0.6) is 0 Å². The van der Waals surface area contributed by atoms with E-state index in [4.69, 9.17) is 8.83 Å². The van der Waals surface area contributed by atoms with Crippen molar-refractivity contribution >= 4 is 40.9 Å². The molecular weight excluding hydrogens is 450 g/mol. The van der Waals surface area contributed by atoms with Gasteiger partial charge in [-0.05, 0) is 48.2 Å². The third-order valence-electron chi connectivity index (χ3n) is 4.73. The lowest BCUT2D eigenvalue weighted by Gasteiger charge is -2.09. The molecule has 168 valence electrons. The maximum absolute atomic E-state index is 12.7. The predicted molar refractivity (Wildman–Crippen MR) is 117 cm³/mol. The molecule has 2 amide bonds. The van der Waals surface area contributed by atoms with E-state index < -0.39 is 23.1 Å². The largest absolute Gasteiger partial charge is 0.465 e. The van der Waals surface area contributed by atoms with Gasteiger partial charge in [-0.25, -0.2) is 9.59 Å². The molecule has 10 heteroatoms. The average molecular weight is 467 g/mol. The Balaban J connectivity index is 1.48. The van der Waals surface area contributed by atoms with E-state index in [1.165, 1.54) is 32.4 Å². The number of benzene rings is 1. The van der Waals surface area contributed by atoms with Crippen molar-refractivity contribution in [1.82, 2.24) is 4.90 Å². The van der Waals surface area contributed by atoms with Gasteiger partial charge >= 0.3 is 11.9 Å². The first kappa shape index (κ1) is 22.2. The second-order valence-corrected chi connectivity index (χ2v) is 7.79. The van der Waals surface area contributed by atoms with Crippen molar-refractivity contribution in [3.63, 3.8) is 0 Å². The maximum atomic E-state index is 12.7. The molecule has 0 N–H and O–H groups in total. The molecule has 0 saturated carbocycles. The van der Waals surface area contributed by atoms with Crippen molar-refractivity contribution < 1.29 is 37.5 Å². The van der Waals surface area contributed by atoms with Gasteiger partial charge in [0.2, 0.25) is 5.76 Å². The highest BCUT2D eigenvalue weighted by molar-refractivity contribution is 8.18. The topological polar surface area (TPSA) is 116 Å². The van der Waals surface area contributed by atoms with E-state index in [0.717, 1.165) is 22.2 Å². The number of hydrogen-bond donors (Lipinski definition) is 0. The lowest BCUT2D eigenvalue weighted by molar-refractivity contribution is -0.123. The van der Waals surface area contributed by atoms with Crippen LogP contribution in [0.15, 0.2) is 62.3 Å². The van der Waals surface area contributed by atoms with Crippen molar-refractivity contribution in [3.05, 3.63) is 76.3 Å². The fourth-order valence-corrected chi connectivity index (χ4v) is 3.89. The zero-order valence-corrected chi connectivity index (χ0v) is 18.3. The van der Waals surface area contributed by atoms with E-state index in [1.54, 1.807) is 36.4 Å². The van der Waals surface area contributed by atoms with E-state index in [2.05, 4.69) is 9.47 Å². The molecule has 0 unspecified atom stereocenters. The van der Waals surface area contributed by atoms with E-state index in [9.17, 15) is 19.2 Å². The number of rotatable bonds is 6. The standard InChI is InChI=1S/C23H17NO8S/c1-29-21(26)14-5-3-13(4-6-14)17-9-7-15(31-17)11-19-20(25)24(23(28)33-19)12-16-8-10-18(32-16)22(27)30-2/h3-11H,12H2,1-2H3. The number of furan rings is 2. The molecule has 2 aromatic heterocycles. The molecule has 1 aliphatic rings. The molecule has 4 rings (SSSR count). The molecule has 1 aliphatic heterocycles. The summed E-state index contributed by atoms with van der Waals surface area (Å²) in [6.07, 6.45) is 1.49. The Kier molecular flexibility index (Phi) is 6.18. The number of nitrogens with zero attached hydrogens (tertiary/aromatic N) is 1. The monoisotopic (exact) mass is 467 g/mol. The number of thioether (sulfide) groups is 1. The van der Waals surface area contributed by atoms with E-state index >= 15 is 0 Å². The number of amides is 2. The number of ether oxygens (including phenoxy) is 2. The number of imide groups is 1. The second kappa shape index (κ2) is 9.21. The van der Waals surface area contributed by atoms with Gasteiger partial charge in [-0.15, -0.1) is 0 Å². The minimum Gasteiger partial charge on any atom is -0.465 e. The molecule has 9 nitrogen and oxygen atoms in total. The Labute approximate surface area is 191 Å². The molecule has 1 saturated heterocycles. The number of methoxy groups -OCH3 is 2. The average Bonchev–Trinajstić information content (AvgIpc) is 3.55. The summed E-state index contributed by atoms with van der Waals surface area (Å²) in [6.45, 7) is -0.116. The molecule has 0 bridgehead atoms. The molecule has 33 heavy (non-hydrogen) atoms. The fourth-order valence-electron chi connectivity index (χ4n) is 3.07. The lowest BCUT2D eigenvalue weighted by atomic mass is 10.1. The summed E-state index contributed by atoms with van der Waals surface area (Å²) >= 11 is 0.780. The number of esters is 2. The minimum absolute atomic E-state index is 0.0160. The normalized spacial score (nSPS) is 14.7. The van der Waals surface area contributed by atoms with Gasteiger partial charge in [-0.1, -0.05) is 12.1 Å². The van der Waals surface area contributed by atoms with Crippen molar-refractivity contribution in [1.29, 1.82) is 0 Å². The van der Waals surface area contributed by atoms with Gasteiger partial charge in [-0.3, -0.25) is 14.5 Å². The van der Waals surface area contributed by atoms with E-state index in [1.807, 2.05) is 0 Å². The SMILES string of the molecule is COC(=O)c1ccc(-c2ccc(C=C3SC(=O)N(Cc4ccc(C(=O)OC)o4)C3=O)o2)cc1. The van der Waals surface area contributed by atoms with Crippen molar-refractivity contribution in [3.8, 4) is 11.3 Å². The minimum atomic E-state index is -0.649. The smallest absolute Gasteiger partial charge is 0.373 e. The van der Waals surface area contributed by atoms with Crippen LogP contribution in [0.2, 0.25) is 0 Å². The number of hydrogen-bond acceptors (Lipinski definition) is 9. The lowest BCUT2D eigenvalue weighted by Crippen LogP contribution is -2.27. The van der Waals surface area contributed by atoms with Crippen LogP contribution < -0.4 is 0 Å². The van der Waals surface area contributed by atoms with Crippen LogP contribution in [0.1, 0.15) is 32.4 Å². The van der Waals surface area contributed by atoms with Gasteiger partial charge < -0.3 is 18.3 Å². The van der Waals surface area contributed by atoms with Crippen molar-refractivity contribution in [2.75, 3.05) is 14.2 Å². The highest BCUT2D eigenvalue weighted by Gasteiger charge is 2.36. The second-order valence-electron chi connectivity index (χ2n) is 6.80. The fraction of sp³-hybridized carbons (Fsp3) is 0.130. The van der Waals surface area contributed by atoms with Crippen LogP contribution in [0, 0.1) is 0 Å². The highest BCUT2D eigenvalue weighted by Crippen LogP contribution is 2.34. The molecule has 1 aromatic carbocycles. The van der Waals surface area contributed by atoms with Gasteiger partial charge in [0.1, 0.15) is 17.3 Å². The van der Waals surface area contributed by atoms with E-state index in [-0.39, 0.29) is 23.0 Å². The van der Waals surface area contributed by atoms with Crippen molar-refractivity contribution in [2.45, 2.75) is 6.54 Å². The summed E-state index contributed by atoms with van der Waals surface area (Å²) < 4.78 is 20.4. The van der Waals surface area contributed by atoms with E-state index in [0.29, 0.717) is 17.1 Å².